The molecule has 0 spiro atoms. The van der Waals surface area contributed by atoms with Crippen LogP contribution in [0.1, 0.15) is 45.7 Å². The van der Waals surface area contributed by atoms with Crippen LogP contribution in [-0.4, -0.2) is 7.85 Å². The molecule has 1 rings (SSSR count). The summed E-state index contributed by atoms with van der Waals surface area (Å²) < 4.78 is 1.01. The van der Waals surface area contributed by atoms with Gasteiger partial charge in [0.15, 0.2) is 0 Å². The van der Waals surface area contributed by atoms with Gasteiger partial charge in [-0.25, -0.2) is 0 Å². The van der Waals surface area contributed by atoms with E-state index in [1.165, 1.54) is 11.1 Å². The van der Waals surface area contributed by atoms with Gasteiger partial charge in [-0.2, -0.15) is 0 Å². The van der Waals surface area contributed by atoms with Crippen molar-refractivity contribution in [3.05, 3.63) is 27.7 Å². The Hall–Kier alpha value is -0.235. The minimum atomic E-state index is 0.166. The van der Waals surface area contributed by atoms with E-state index in [0.29, 0.717) is 0 Å². The first-order chi connectivity index (χ1) is 6.82. The molecule has 0 saturated heterocycles. The number of hydrogen-bond donors (Lipinski definition) is 0. The van der Waals surface area contributed by atoms with Gasteiger partial charge in [0.25, 0.3) is 0 Å². The molecule has 0 unspecified atom stereocenters. The lowest BCUT2D eigenvalue weighted by atomic mass is 9.82. The number of benzene rings is 1. The first kappa shape index (κ1) is 14.8. The summed E-state index contributed by atoms with van der Waals surface area (Å²) in [4.78, 5) is 0. The van der Waals surface area contributed by atoms with Gasteiger partial charge in [0.05, 0.1) is 0 Å². The molecule has 0 N–H and O–H groups in total. The Labute approximate surface area is 104 Å². The SMILES string of the molecule is CC.[B]c1cc(C(C)(C)C)cc(C)c1Br. The average Bonchev–Trinajstić information content (AvgIpc) is 2.15. The summed E-state index contributed by atoms with van der Waals surface area (Å²) in [5.74, 6) is 0. The molecule has 2 radical (unpaired) electrons. The third-order valence-corrected chi connectivity index (χ3v) is 3.23. The topological polar surface area (TPSA) is 0 Å². The van der Waals surface area contributed by atoms with Crippen LogP contribution in [0.25, 0.3) is 0 Å². The monoisotopic (exact) mass is 266 g/mol. The fourth-order valence-electron chi connectivity index (χ4n) is 1.23. The van der Waals surface area contributed by atoms with Gasteiger partial charge in [0.1, 0.15) is 7.85 Å². The molecule has 0 heterocycles. The van der Waals surface area contributed by atoms with E-state index in [0.717, 1.165) is 9.94 Å². The van der Waals surface area contributed by atoms with Gasteiger partial charge in [-0.3, -0.25) is 0 Å². The fraction of sp³-hybridized carbons (Fsp3) is 0.538. The van der Waals surface area contributed by atoms with Crippen LogP contribution in [0.3, 0.4) is 0 Å². The maximum absolute atomic E-state index is 5.87. The van der Waals surface area contributed by atoms with Crippen LogP contribution in [0.2, 0.25) is 0 Å². The van der Waals surface area contributed by atoms with Crippen LogP contribution >= 0.6 is 15.9 Å². The maximum Gasteiger partial charge on any atom is 0.115 e. The summed E-state index contributed by atoms with van der Waals surface area (Å²) in [5, 5.41) is 0. The predicted molar refractivity (Wildman–Crippen MR) is 74.3 cm³/mol. The fourth-order valence-corrected chi connectivity index (χ4v) is 1.46. The van der Waals surface area contributed by atoms with E-state index in [1.807, 2.05) is 19.9 Å². The maximum atomic E-state index is 5.87. The van der Waals surface area contributed by atoms with E-state index in [4.69, 9.17) is 7.85 Å². The van der Waals surface area contributed by atoms with E-state index >= 15 is 0 Å². The third-order valence-electron chi connectivity index (χ3n) is 2.15. The lowest BCUT2D eigenvalue weighted by molar-refractivity contribution is 0.590. The second-order valence-corrected chi connectivity index (χ2v) is 5.24. The zero-order chi connectivity index (χ0) is 12.2. The van der Waals surface area contributed by atoms with Gasteiger partial charge in [-0.1, -0.05) is 68.1 Å². The van der Waals surface area contributed by atoms with Crippen molar-refractivity contribution in [1.82, 2.24) is 0 Å². The largest absolute Gasteiger partial charge is 0.115 e. The van der Waals surface area contributed by atoms with Crippen LogP contribution in [0.5, 0.6) is 0 Å². The standard InChI is InChI=1S/C11H14BBr.C2H6/c1-7-5-8(11(2,3)4)6-9(12)10(7)13;1-2/h5-6H,1-4H3;1-2H3. The quantitative estimate of drug-likeness (QED) is 0.626. The molecule has 0 aromatic heterocycles. The highest BCUT2D eigenvalue weighted by Crippen LogP contribution is 2.24. The van der Waals surface area contributed by atoms with Crippen molar-refractivity contribution in [2.45, 2.75) is 47.0 Å². The molecule has 0 fully saturated rings. The first-order valence-corrected chi connectivity index (χ1v) is 6.18. The smallest absolute Gasteiger partial charge is 0.0822 e. The number of aryl methyl sites for hydroxylation is 1. The average molecular weight is 267 g/mol. The van der Waals surface area contributed by atoms with E-state index in [9.17, 15) is 0 Å². The molecule has 0 bridgehead atoms. The highest BCUT2D eigenvalue weighted by molar-refractivity contribution is 9.10. The van der Waals surface area contributed by atoms with Gasteiger partial charge in [-0.05, 0) is 23.5 Å². The number of hydrogen-bond acceptors (Lipinski definition) is 0. The Morgan fingerprint density at radius 2 is 1.60 bits per heavy atom. The Bertz CT molecular complexity index is 301. The Morgan fingerprint density at radius 1 is 1.13 bits per heavy atom. The summed E-state index contributed by atoms with van der Waals surface area (Å²) in [7, 11) is 5.87. The molecule has 1 aromatic rings. The summed E-state index contributed by atoms with van der Waals surface area (Å²) >= 11 is 3.45. The Morgan fingerprint density at radius 3 is 1.93 bits per heavy atom. The summed E-state index contributed by atoms with van der Waals surface area (Å²) in [6.07, 6.45) is 0. The van der Waals surface area contributed by atoms with Gasteiger partial charge in [0, 0.05) is 4.47 Å². The second kappa shape index (κ2) is 5.74. The number of rotatable bonds is 0. The zero-order valence-electron chi connectivity index (χ0n) is 10.6. The second-order valence-electron chi connectivity index (χ2n) is 4.45. The molecule has 2 heteroatoms. The summed E-state index contributed by atoms with van der Waals surface area (Å²) in [6.45, 7) is 12.6. The van der Waals surface area contributed by atoms with Crippen molar-refractivity contribution in [1.29, 1.82) is 0 Å². The first-order valence-electron chi connectivity index (χ1n) is 5.38. The van der Waals surface area contributed by atoms with Crippen LogP contribution in [-0.2, 0) is 5.41 Å². The summed E-state index contributed by atoms with van der Waals surface area (Å²) in [6, 6.07) is 4.22. The van der Waals surface area contributed by atoms with Crippen molar-refractivity contribution < 1.29 is 0 Å². The van der Waals surface area contributed by atoms with Crippen molar-refractivity contribution in [3.63, 3.8) is 0 Å². The minimum absolute atomic E-state index is 0.166. The normalized spacial score (nSPS) is 10.6. The van der Waals surface area contributed by atoms with Gasteiger partial charge >= 0.3 is 0 Å². The molecule has 0 atom stereocenters. The lowest BCUT2D eigenvalue weighted by Gasteiger charge is -2.21. The lowest BCUT2D eigenvalue weighted by Crippen LogP contribution is -2.16. The highest BCUT2D eigenvalue weighted by atomic mass is 79.9. The third kappa shape index (κ3) is 4.02. The Kier molecular flexibility index (Phi) is 5.65. The minimum Gasteiger partial charge on any atom is -0.0822 e. The molecule has 0 saturated carbocycles. The number of halogens is 1. The van der Waals surface area contributed by atoms with Crippen molar-refractivity contribution in [3.8, 4) is 0 Å². The van der Waals surface area contributed by atoms with Crippen molar-refractivity contribution in [2.24, 2.45) is 0 Å². The van der Waals surface area contributed by atoms with Gasteiger partial charge < -0.3 is 0 Å². The zero-order valence-corrected chi connectivity index (χ0v) is 12.2. The molecule has 0 aliphatic rings. The molecule has 15 heavy (non-hydrogen) atoms. The summed E-state index contributed by atoms with van der Waals surface area (Å²) in [5.41, 5.74) is 3.47. The molecular formula is C13H20BBr. The predicted octanol–water partition coefficient (Wildman–Crippen LogP) is 3.88. The molecule has 0 aliphatic heterocycles. The molecular weight excluding hydrogens is 247 g/mol. The van der Waals surface area contributed by atoms with E-state index < -0.39 is 0 Å². The molecule has 0 amide bonds. The highest BCUT2D eigenvalue weighted by Gasteiger charge is 2.14. The van der Waals surface area contributed by atoms with Crippen LogP contribution in [0.15, 0.2) is 16.6 Å². The molecule has 1 aromatic carbocycles. The van der Waals surface area contributed by atoms with Gasteiger partial charge in [-0.15, -0.1) is 0 Å². The van der Waals surface area contributed by atoms with Crippen LogP contribution in [0, 0.1) is 6.92 Å². The molecule has 0 nitrogen and oxygen atoms in total. The van der Waals surface area contributed by atoms with Gasteiger partial charge in [0.2, 0.25) is 0 Å². The van der Waals surface area contributed by atoms with Crippen molar-refractivity contribution >= 4 is 29.2 Å². The molecule has 0 aliphatic carbocycles. The van der Waals surface area contributed by atoms with Crippen LogP contribution < -0.4 is 5.46 Å². The van der Waals surface area contributed by atoms with E-state index in [-0.39, 0.29) is 5.41 Å². The molecule has 82 valence electrons. The van der Waals surface area contributed by atoms with E-state index in [1.54, 1.807) is 0 Å². The van der Waals surface area contributed by atoms with E-state index in [2.05, 4.69) is 49.7 Å². The Balaban J connectivity index is 0.000000921. The van der Waals surface area contributed by atoms with Crippen LogP contribution in [0.4, 0.5) is 0 Å². The van der Waals surface area contributed by atoms with Crippen molar-refractivity contribution in [2.75, 3.05) is 0 Å².